The van der Waals surface area contributed by atoms with E-state index in [1.165, 1.54) is 17.0 Å². The van der Waals surface area contributed by atoms with E-state index in [-0.39, 0.29) is 24.6 Å². The minimum Gasteiger partial charge on any atom is -0.392 e. The minimum absolute atomic E-state index is 0.161. The first-order valence-electron chi connectivity index (χ1n) is 5.87. The van der Waals surface area contributed by atoms with Crippen molar-refractivity contribution in [1.29, 1.82) is 0 Å². The number of carbonyl (C=O) groups excluding carboxylic acids is 1. The molecule has 0 heterocycles. The van der Waals surface area contributed by atoms with Crippen LogP contribution in [0.15, 0.2) is 18.2 Å². The van der Waals surface area contributed by atoms with E-state index >= 15 is 0 Å². The van der Waals surface area contributed by atoms with Gasteiger partial charge < -0.3 is 15.7 Å². The second-order valence-corrected chi connectivity index (χ2v) is 4.23. The molecule has 1 amide bonds. The molecule has 19 heavy (non-hydrogen) atoms. The Morgan fingerprint density at radius 2 is 2.26 bits per heavy atom. The summed E-state index contributed by atoms with van der Waals surface area (Å²) in [5, 5.41) is 9.27. The number of hydrogen-bond acceptors (Lipinski definition) is 3. The van der Waals surface area contributed by atoms with Crippen LogP contribution in [-0.4, -0.2) is 42.2 Å². The molecule has 0 spiro atoms. The van der Waals surface area contributed by atoms with Crippen LogP contribution in [0.3, 0.4) is 0 Å². The third kappa shape index (κ3) is 4.36. The van der Waals surface area contributed by atoms with E-state index < -0.39 is 11.9 Å². The number of likely N-dealkylation sites (N-methyl/N-ethyl adjacent to an activating group) is 1. The van der Waals surface area contributed by atoms with Crippen LogP contribution >= 0.6 is 0 Å². The maximum absolute atomic E-state index is 13.3. The molecule has 0 aliphatic carbocycles. The lowest BCUT2D eigenvalue weighted by Crippen LogP contribution is -2.33. The third-order valence-electron chi connectivity index (χ3n) is 2.42. The van der Waals surface area contributed by atoms with Gasteiger partial charge in [-0.3, -0.25) is 4.79 Å². The van der Waals surface area contributed by atoms with E-state index in [9.17, 15) is 14.3 Å². The SMILES string of the molecule is CC(O)CN(C)C(=O)c1cc(F)ccc1C#CCN. The summed E-state index contributed by atoms with van der Waals surface area (Å²) in [4.78, 5) is 13.5. The molecule has 3 N–H and O–H groups in total. The van der Waals surface area contributed by atoms with E-state index in [2.05, 4.69) is 11.8 Å². The monoisotopic (exact) mass is 264 g/mol. The Kier molecular flexibility index (Phi) is 5.49. The van der Waals surface area contributed by atoms with Crippen molar-refractivity contribution in [2.75, 3.05) is 20.1 Å². The number of hydrogen-bond donors (Lipinski definition) is 2. The molecule has 0 aromatic heterocycles. The van der Waals surface area contributed by atoms with Gasteiger partial charge in [0.05, 0.1) is 18.2 Å². The van der Waals surface area contributed by atoms with Crippen molar-refractivity contribution in [3.8, 4) is 11.8 Å². The fourth-order valence-electron chi connectivity index (χ4n) is 1.63. The molecular weight excluding hydrogens is 247 g/mol. The highest BCUT2D eigenvalue weighted by molar-refractivity contribution is 5.96. The van der Waals surface area contributed by atoms with Gasteiger partial charge >= 0.3 is 0 Å². The smallest absolute Gasteiger partial charge is 0.255 e. The van der Waals surface area contributed by atoms with Gasteiger partial charge in [-0.2, -0.15) is 0 Å². The van der Waals surface area contributed by atoms with Gasteiger partial charge in [0.2, 0.25) is 0 Å². The number of nitrogens with two attached hydrogens (primary N) is 1. The Morgan fingerprint density at radius 1 is 1.58 bits per heavy atom. The van der Waals surface area contributed by atoms with Crippen LogP contribution in [-0.2, 0) is 0 Å². The van der Waals surface area contributed by atoms with Crippen molar-refractivity contribution in [1.82, 2.24) is 4.90 Å². The molecule has 1 aromatic carbocycles. The summed E-state index contributed by atoms with van der Waals surface area (Å²) in [6, 6.07) is 3.83. The summed E-state index contributed by atoms with van der Waals surface area (Å²) in [6.07, 6.45) is -0.652. The first-order chi connectivity index (χ1) is 8.95. The predicted octanol–water partition coefficient (Wildman–Crippen LogP) is 0.589. The maximum Gasteiger partial charge on any atom is 0.255 e. The van der Waals surface area contributed by atoms with E-state index in [0.717, 1.165) is 6.07 Å². The van der Waals surface area contributed by atoms with Crippen molar-refractivity contribution < 1.29 is 14.3 Å². The van der Waals surface area contributed by atoms with Gasteiger partial charge in [0, 0.05) is 19.2 Å². The number of amides is 1. The van der Waals surface area contributed by atoms with Crippen LogP contribution in [0.5, 0.6) is 0 Å². The average Bonchev–Trinajstić information content (AvgIpc) is 2.35. The van der Waals surface area contributed by atoms with Crippen molar-refractivity contribution in [2.45, 2.75) is 13.0 Å². The van der Waals surface area contributed by atoms with E-state index in [1.807, 2.05) is 0 Å². The molecular formula is C14H17FN2O2. The van der Waals surface area contributed by atoms with Gasteiger partial charge in [0.15, 0.2) is 0 Å². The van der Waals surface area contributed by atoms with Gasteiger partial charge in [0.1, 0.15) is 5.82 Å². The number of carbonyl (C=O) groups is 1. The number of aliphatic hydroxyl groups excluding tert-OH is 1. The molecule has 0 aliphatic rings. The predicted molar refractivity (Wildman–Crippen MR) is 71.0 cm³/mol. The van der Waals surface area contributed by atoms with Crippen LogP contribution in [0.2, 0.25) is 0 Å². The Bertz CT molecular complexity index is 518. The zero-order valence-electron chi connectivity index (χ0n) is 11.0. The highest BCUT2D eigenvalue weighted by atomic mass is 19.1. The van der Waals surface area contributed by atoms with E-state index in [1.54, 1.807) is 14.0 Å². The number of rotatable bonds is 3. The zero-order valence-corrected chi connectivity index (χ0v) is 11.0. The van der Waals surface area contributed by atoms with Gasteiger partial charge in [0.25, 0.3) is 5.91 Å². The molecule has 1 atom stereocenters. The third-order valence-corrected chi connectivity index (χ3v) is 2.42. The van der Waals surface area contributed by atoms with Crippen LogP contribution in [0.25, 0.3) is 0 Å². The summed E-state index contributed by atoms with van der Waals surface area (Å²) in [6.45, 7) is 1.90. The van der Waals surface area contributed by atoms with Crippen molar-refractivity contribution in [2.24, 2.45) is 5.73 Å². The Labute approximate surface area is 112 Å². The molecule has 102 valence electrons. The van der Waals surface area contributed by atoms with Gasteiger partial charge in [-0.05, 0) is 25.1 Å². The van der Waals surface area contributed by atoms with E-state index in [4.69, 9.17) is 5.73 Å². The molecule has 5 heteroatoms. The van der Waals surface area contributed by atoms with Crippen molar-refractivity contribution >= 4 is 5.91 Å². The summed E-state index contributed by atoms with van der Waals surface area (Å²) < 4.78 is 13.3. The number of aliphatic hydroxyl groups is 1. The lowest BCUT2D eigenvalue weighted by Gasteiger charge is -2.19. The summed E-state index contributed by atoms with van der Waals surface area (Å²) in [7, 11) is 1.54. The first kappa shape index (κ1) is 15.2. The first-order valence-corrected chi connectivity index (χ1v) is 5.87. The topological polar surface area (TPSA) is 66.6 Å². The molecule has 1 unspecified atom stereocenters. The standard InChI is InChI=1S/C14H17FN2O2/c1-10(18)9-17(2)14(19)13-8-12(15)6-5-11(13)4-3-7-16/h5-6,8,10,18H,7,9,16H2,1-2H3. The molecule has 1 aromatic rings. The maximum atomic E-state index is 13.3. The summed E-state index contributed by atoms with van der Waals surface area (Å²) >= 11 is 0. The lowest BCUT2D eigenvalue weighted by atomic mass is 10.1. The van der Waals surface area contributed by atoms with Crippen LogP contribution in [0.4, 0.5) is 4.39 Å². The minimum atomic E-state index is -0.652. The van der Waals surface area contributed by atoms with Crippen LogP contribution < -0.4 is 5.73 Å². The second-order valence-electron chi connectivity index (χ2n) is 4.23. The molecule has 0 radical (unpaired) electrons. The zero-order chi connectivity index (χ0) is 14.4. The second kappa shape index (κ2) is 6.88. The fraction of sp³-hybridized carbons (Fsp3) is 0.357. The Hall–Kier alpha value is -1.90. The highest BCUT2D eigenvalue weighted by Crippen LogP contribution is 2.13. The van der Waals surface area contributed by atoms with Gasteiger partial charge in [-0.25, -0.2) is 4.39 Å². The highest BCUT2D eigenvalue weighted by Gasteiger charge is 2.17. The molecule has 1 rings (SSSR count). The quantitative estimate of drug-likeness (QED) is 0.785. The van der Waals surface area contributed by atoms with Crippen molar-refractivity contribution in [3.05, 3.63) is 35.1 Å². The molecule has 0 saturated heterocycles. The average molecular weight is 264 g/mol. The number of nitrogens with zero attached hydrogens (tertiary/aromatic N) is 1. The Morgan fingerprint density at radius 3 is 2.84 bits per heavy atom. The van der Waals surface area contributed by atoms with Gasteiger partial charge in [-0.15, -0.1) is 0 Å². The molecule has 0 bridgehead atoms. The fourth-order valence-corrected chi connectivity index (χ4v) is 1.63. The Balaban J connectivity index is 3.09. The summed E-state index contributed by atoms with van der Waals surface area (Å²) in [5.41, 5.74) is 5.88. The number of benzene rings is 1. The lowest BCUT2D eigenvalue weighted by molar-refractivity contribution is 0.0703. The molecule has 4 nitrogen and oxygen atoms in total. The largest absolute Gasteiger partial charge is 0.392 e. The normalized spacial score (nSPS) is 11.4. The molecule has 0 aliphatic heterocycles. The van der Waals surface area contributed by atoms with Crippen LogP contribution in [0, 0.1) is 17.7 Å². The number of halogens is 1. The van der Waals surface area contributed by atoms with E-state index in [0.29, 0.717) is 5.56 Å². The molecule has 0 saturated carbocycles. The van der Waals surface area contributed by atoms with Gasteiger partial charge in [-0.1, -0.05) is 11.8 Å². The molecule has 0 fully saturated rings. The van der Waals surface area contributed by atoms with Crippen molar-refractivity contribution in [3.63, 3.8) is 0 Å². The van der Waals surface area contributed by atoms with Crippen LogP contribution in [0.1, 0.15) is 22.8 Å². The summed E-state index contributed by atoms with van der Waals surface area (Å²) in [5.74, 6) is 4.48.